The second-order valence-corrected chi connectivity index (χ2v) is 37.8. The van der Waals surface area contributed by atoms with E-state index in [1.807, 2.05) is 0 Å². The summed E-state index contributed by atoms with van der Waals surface area (Å²) in [6, 6.07) is 0. The van der Waals surface area contributed by atoms with Crippen LogP contribution in [-0.2, 0) is 57.2 Å². The third-order valence-corrected chi connectivity index (χ3v) is 25.4. The Morgan fingerprint density at radius 1 is 0.183 bits per heavy atom. The first-order chi connectivity index (χ1) is 61.6. The SMILES string of the molecule is CCCCCCCCCCCCCCCC(=O)OC[C@H](OC(=O)CCCCCCCCCCCCCCC)[C@@H](OC(=O)CCCCCCCCCCCCCCC)[C@@H](OC(=O)CCCCCCCCCCCCCCC)[C@@H](COC(=O)CCCCCCCCCCCCCCC)OC(=O)CCCCCCCCCCCCCCC.OC[C@@H](O)[C@H](O)[C@H](O)[C@@H](O)CO. The molecular weight excluding hydrogens is 1590 g/mol. The molecule has 0 aromatic heterocycles. The Balaban J connectivity index is 0. The van der Waals surface area contributed by atoms with Gasteiger partial charge in [-0.2, -0.15) is 0 Å². The van der Waals surface area contributed by atoms with Gasteiger partial charge in [0, 0.05) is 38.5 Å². The first-order valence-corrected chi connectivity index (χ1v) is 54.6. The highest BCUT2D eigenvalue weighted by Crippen LogP contribution is 2.27. The minimum absolute atomic E-state index is 0.0456. The summed E-state index contributed by atoms with van der Waals surface area (Å²) in [6.45, 7) is 11.1. The van der Waals surface area contributed by atoms with Gasteiger partial charge in [0.05, 0.1) is 13.2 Å². The molecule has 126 heavy (non-hydrogen) atoms. The normalized spacial score (nSPS) is 13.4. The largest absolute Gasteiger partial charge is 0.462 e. The topological polar surface area (TPSA) is 279 Å². The van der Waals surface area contributed by atoms with Gasteiger partial charge < -0.3 is 59.1 Å². The van der Waals surface area contributed by atoms with Crippen LogP contribution in [0.1, 0.15) is 581 Å². The fraction of sp³-hybridized carbons (Fsp3) is 0.944. The van der Waals surface area contributed by atoms with Crippen molar-refractivity contribution in [1.82, 2.24) is 0 Å². The molecule has 748 valence electrons. The zero-order valence-electron chi connectivity index (χ0n) is 83.4. The van der Waals surface area contributed by atoms with E-state index in [1.165, 1.54) is 321 Å². The smallest absolute Gasteiger partial charge is 0.306 e. The number of carbonyl (C=O) groups excluding carboxylic acids is 6. The van der Waals surface area contributed by atoms with E-state index in [2.05, 4.69) is 41.5 Å². The number of esters is 6. The molecule has 0 aliphatic carbocycles. The van der Waals surface area contributed by atoms with Crippen molar-refractivity contribution in [2.75, 3.05) is 26.4 Å². The third-order valence-electron chi connectivity index (χ3n) is 25.4. The molecule has 18 heteroatoms. The molecule has 0 aliphatic heterocycles. The van der Waals surface area contributed by atoms with Gasteiger partial charge in [-0.1, -0.05) is 504 Å². The van der Waals surface area contributed by atoms with Crippen molar-refractivity contribution < 1.29 is 87.8 Å². The zero-order chi connectivity index (χ0) is 92.6. The van der Waals surface area contributed by atoms with Gasteiger partial charge in [0.2, 0.25) is 0 Å². The summed E-state index contributed by atoms with van der Waals surface area (Å²) in [7, 11) is 0. The highest BCUT2D eigenvalue weighted by atomic mass is 16.6. The van der Waals surface area contributed by atoms with E-state index < -0.39 is 111 Å². The lowest BCUT2D eigenvalue weighted by Gasteiger charge is -2.36. The maximum absolute atomic E-state index is 14.8. The van der Waals surface area contributed by atoms with E-state index in [4.69, 9.17) is 59.1 Å². The van der Waals surface area contributed by atoms with E-state index in [0.29, 0.717) is 38.5 Å². The summed E-state index contributed by atoms with van der Waals surface area (Å²) in [5, 5.41) is 52.2. The molecule has 0 bridgehead atoms. The third kappa shape index (κ3) is 87.2. The standard InChI is InChI=1S/C102H194O12.C6H14O6/c1-7-13-19-25-31-37-43-49-55-61-67-73-79-85-95(103)109-91-93(111-97(105)87-81-75-69-63-57-51-45-39-33-27-21-15-9-3)101(113-99(107)89-83-77-71-65-59-53-47-41-35-29-23-17-11-5)102(114-100(108)90-84-78-72-66-60-54-48-42-36-30-24-18-12-6)94(112-98(106)88-82-76-70-64-58-52-46-40-34-28-22-16-10-4)92-110-96(104)86-80-74-68-62-56-50-44-38-32-26-20-14-8-2;7-1-3(9)5(11)6(12)4(10)2-8/h93-94,101-102H,7-92H2,1-6H3;3-12H,1-2H2/t93-,94+,101+,102-;3-,4+,5+,6-. The van der Waals surface area contributed by atoms with Gasteiger partial charge >= 0.3 is 35.8 Å². The minimum Gasteiger partial charge on any atom is -0.462 e. The van der Waals surface area contributed by atoms with E-state index in [1.54, 1.807) is 0 Å². The summed E-state index contributed by atoms with van der Waals surface area (Å²) >= 11 is 0. The number of rotatable bonds is 100. The van der Waals surface area contributed by atoms with Crippen LogP contribution in [0.15, 0.2) is 0 Å². The van der Waals surface area contributed by atoms with Crippen LogP contribution in [0, 0.1) is 0 Å². The summed E-state index contributed by atoms with van der Waals surface area (Å²) < 4.78 is 38.5. The number of hydrogen-bond acceptors (Lipinski definition) is 18. The number of aliphatic hydroxyl groups excluding tert-OH is 6. The molecule has 0 radical (unpaired) electrons. The number of aliphatic hydroxyl groups is 6. The number of carbonyl (C=O) groups is 6. The average Bonchev–Trinajstić information content (AvgIpc) is 0.821. The summed E-state index contributed by atoms with van der Waals surface area (Å²) in [5.41, 5.74) is 0. The van der Waals surface area contributed by atoms with Gasteiger partial charge in [-0.05, 0) is 38.5 Å². The molecule has 6 N–H and O–H groups in total. The van der Waals surface area contributed by atoms with Crippen LogP contribution < -0.4 is 0 Å². The molecule has 0 aromatic carbocycles. The Morgan fingerprint density at radius 2 is 0.310 bits per heavy atom. The van der Waals surface area contributed by atoms with Gasteiger partial charge in [0.1, 0.15) is 37.6 Å². The number of ether oxygens (including phenoxy) is 6. The fourth-order valence-electron chi connectivity index (χ4n) is 16.9. The Morgan fingerprint density at radius 3 is 0.452 bits per heavy atom. The Hall–Kier alpha value is -3.42. The Bertz CT molecular complexity index is 2130. The second kappa shape index (κ2) is 101. The van der Waals surface area contributed by atoms with Crippen molar-refractivity contribution in [1.29, 1.82) is 0 Å². The Labute approximate surface area is 775 Å². The van der Waals surface area contributed by atoms with Crippen molar-refractivity contribution in [2.24, 2.45) is 0 Å². The van der Waals surface area contributed by atoms with Crippen LogP contribution in [0.5, 0.6) is 0 Å². The van der Waals surface area contributed by atoms with E-state index >= 15 is 0 Å². The van der Waals surface area contributed by atoms with Gasteiger partial charge in [-0.3, -0.25) is 28.8 Å². The number of hydrogen-bond donors (Lipinski definition) is 6. The summed E-state index contributed by atoms with van der Waals surface area (Å²) in [5.74, 6) is -3.21. The molecule has 18 nitrogen and oxygen atoms in total. The molecular formula is C108H208O18. The molecule has 0 saturated heterocycles. The van der Waals surface area contributed by atoms with E-state index in [0.717, 1.165) is 141 Å². The van der Waals surface area contributed by atoms with Crippen LogP contribution in [-0.4, -0.2) is 142 Å². The van der Waals surface area contributed by atoms with Crippen LogP contribution in [0.25, 0.3) is 0 Å². The van der Waals surface area contributed by atoms with Crippen LogP contribution >= 0.6 is 0 Å². The summed E-state index contributed by atoms with van der Waals surface area (Å²) in [4.78, 5) is 86.9. The molecule has 0 aromatic rings. The quantitative estimate of drug-likeness (QED) is 0.0187. The van der Waals surface area contributed by atoms with E-state index in [-0.39, 0.29) is 38.5 Å². The lowest BCUT2D eigenvalue weighted by atomic mass is 10.0. The first-order valence-electron chi connectivity index (χ1n) is 54.6. The maximum Gasteiger partial charge on any atom is 0.306 e. The first kappa shape index (κ1) is 125. The highest BCUT2D eigenvalue weighted by Gasteiger charge is 2.46. The van der Waals surface area contributed by atoms with E-state index in [9.17, 15) is 28.8 Å². The fourth-order valence-corrected chi connectivity index (χ4v) is 16.9. The van der Waals surface area contributed by atoms with Crippen LogP contribution in [0.4, 0.5) is 0 Å². The molecule has 0 spiro atoms. The predicted octanol–water partition coefficient (Wildman–Crippen LogP) is 29.0. The van der Waals surface area contributed by atoms with Gasteiger partial charge in [-0.25, -0.2) is 0 Å². The van der Waals surface area contributed by atoms with Gasteiger partial charge in [0.25, 0.3) is 0 Å². The highest BCUT2D eigenvalue weighted by molar-refractivity contribution is 5.73. The molecule has 0 amide bonds. The predicted molar refractivity (Wildman–Crippen MR) is 522 cm³/mol. The van der Waals surface area contributed by atoms with Crippen LogP contribution in [0.2, 0.25) is 0 Å². The Kier molecular flexibility index (Phi) is 99.5. The molecule has 0 aliphatic rings. The molecule has 8 atom stereocenters. The zero-order valence-corrected chi connectivity index (χ0v) is 83.4. The van der Waals surface area contributed by atoms with Crippen molar-refractivity contribution >= 4 is 35.8 Å². The molecule has 0 heterocycles. The van der Waals surface area contributed by atoms with Crippen LogP contribution in [0.3, 0.4) is 0 Å². The van der Waals surface area contributed by atoms with Crippen molar-refractivity contribution in [3.63, 3.8) is 0 Å². The van der Waals surface area contributed by atoms with Gasteiger partial charge in [-0.15, -0.1) is 0 Å². The van der Waals surface area contributed by atoms with Crippen molar-refractivity contribution in [3.05, 3.63) is 0 Å². The molecule has 0 unspecified atom stereocenters. The van der Waals surface area contributed by atoms with Gasteiger partial charge in [0.15, 0.2) is 24.4 Å². The minimum atomic E-state index is -1.67. The maximum atomic E-state index is 14.8. The van der Waals surface area contributed by atoms with Crippen molar-refractivity contribution in [2.45, 2.75) is 630 Å². The average molecular weight is 1790 g/mol. The lowest BCUT2D eigenvalue weighted by molar-refractivity contribution is -0.209. The lowest BCUT2D eigenvalue weighted by Crippen LogP contribution is -2.54. The molecule has 0 rings (SSSR count). The number of unbranched alkanes of at least 4 members (excludes halogenated alkanes) is 72. The second-order valence-electron chi connectivity index (χ2n) is 37.8. The van der Waals surface area contributed by atoms with Crippen molar-refractivity contribution in [3.8, 4) is 0 Å². The monoisotopic (exact) mass is 1790 g/mol. The summed E-state index contributed by atoms with van der Waals surface area (Å²) in [6.07, 6.45) is 78.2. The molecule has 0 fully saturated rings. The molecule has 0 saturated carbocycles.